The van der Waals surface area contributed by atoms with Crippen LogP contribution in [0.25, 0.3) is 17.0 Å². The summed E-state index contributed by atoms with van der Waals surface area (Å²) in [7, 11) is 0. The van der Waals surface area contributed by atoms with Crippen molar-refractivity contribution >= 4 is 34.7 Å². The maximum Gasteiger partial charge on any atom is 0.219 e. The number of Topliss-reactive ketones (excluding diaryl/α,β-unsaturated/α-hetero) is 1. The Morgan fingerprint density at radius 2 is 1.85 bits per heavy atom. The lowest BCUT2D eigenvalue weighted by Crippen LogP contribution is -2.61. The van der Waals surface area contributed by atoms with Crippen LogP contribution < -0.4 is 15.4 Å². The first-order valence-corrected chi connectivity index (χ1v) is 14.3. The van der Waals surface area contributed by atoms with Gasteiger partial charge >= 0.3 is 0 Å². The third-order valence-corrected chi connectivity index (χ3v) is 8.30. The van der Waals surface area contributed by atoms with E-state index in [2.05, 4.69) is 4.90 Å². The average Bonchev–Trinajstić information content (AvgIpc) is 2.88. The number of likely N-dealkylation sites (tertiary alicyclic amines) is 1. The Labute approximate surface area is 241 Å². The molecule has 1 atom stereocenters. The van der Waals surface area contributed by atoms with Crippen LogP contribution in [-0.2, 0) is 9.59 Å². The van der Waals surface area contributed by atoms with E-state index in [4.69, 9.17) is 32.0 Å². The summed E-state index contributed by atoms with van der Waals surface area (Å²) in [6.07, 6.45) is 2.84. The van der Waals surface area contributed by atoms with Crippen LogP contribution in [-0.4, -0.2) is 70.6 Å². The Bertz CT molecular complexity index is 1310. The van der Waals surface area contributed by atoms with E-state index in [1.54, 1.807) is 32.0 Å². The van der Waals surface area contributed by atoms with E-state index in [0.717, 1.165) is 56.8 Å². The van der Waals surface area contributed by atoms with Crippen LogP contribution in [0, 0.1) is 12.3 Å². The minimum Gasteiger partial charge on any atom is -0.491 e. The van der Waals surface area contributed by atoms with E-state index in [-0.39, 0.29) is 23.7 Å². The van der Waals surface area contributed by atoms with Gasteiger partial charge in [-0.2, -0.15) is 0 Å². The largest absolute Gasteiger partial charge is 0.491 e. The van der Waals surface area contributed by atoms with Gasteiger partial charge in [0.15, 0.2) is 11.6 Å². The zero-order valence-electron chi connectivity index (χ0n) is 24.1. The molecule has 2 aromatic rings. The van der Waals surface area contributed by atoms with Crippen LogP contribution >= 0.6 is 11.6 Å². The molecule has 1 aromatic heterocycles. The fraction of sp³-hybridized carbons (Fsp3) is 0.533. The molecule has 9 nitrogen and oxygen atoms in total. The van der Waals surface area contributed by atoms with Gasteiger partial charge in [-0.15, -0.1) is 0 Å². The number of carbonyl (C=O) groups excluding carboxylic acids is 2. The molecule has 10 heteroatoms. The van der Waals surface area contributed by atoms with Gasteiger partial charge < -0.3 is 25.4 Å². The summed E-state index contributed by atoms with van der Waals surface area (Å²) < 4.78 is 5.84. The molecule has 0 unspecified atom stereocenters. The van der Waals surface area contributed by atoms with Crippen LogP contribution in [0.3, 0.4) is 0 Å². The molecule has 2 aliphatic rings. The number of allylic oxidation sites excluding steroid dienone is 2. The fourth-order valence-corrected chi connectivity index (χ4v) is 5.91. The molecule has 1 amide bonds. The van der Waals surface area contributed by atoms with Crippen molar-refractivity contribution in [2.24, 2.45) is 11.1 Å². The smallest absolute Gasteiger partial charge is 0.219 e. The number of amides is 1. The number of hydrogen-bond acceptors (Lipinski definition) is 8. The van der Waals surface area contributed by atoms with Crippen molar-refractivity contribution < 1.29 is 19.4 Å². The Morgan fingerprint density at radius 1 is 1.18 bits per heavy atom. The van der Waals surface area contributed by atoms with Gasteiger partial charge in [0.2, 0.25) is 5.91 Å². The summed E-state index contributed by atoms with van der Waals surface area (Å²) in [6, 6.07) is 5.23. The van der Waals surface area contributed by atoms with Crippen LogP contribution in [0.15, 0.2) is 23.9 Å². The predicted octanol–water partition coefficient (Wildman–Crippen LogP) is 4.37. The summed E-state index contributed by atoms with van der Waals surface area (Å²) in [5.41, 5.74) is 8.89. The fourth-order valence-electron chi connectivity index (χ4n) is 5.71. The molecule has 0 bridgehead atoms. The zero-order valence-corrected chi connectivity index (χ0v) is 24.8. The number of rotatable bonds is 9. The molecule has 2 saturated heterocycles. The number of ketones is 1. The van der Waals surface area contributed by atoms with Crippen molar-refractivity contribution in [3.05, 3.63) is 40.2 Å². The maximum atomic E-state index is 12.7. The molecule has 0 aliphatic carbocycles. The molecule has 40 heavy (non-hydrogen) atoms. The van der Waals surface area contributed by atoms with Gasteiger partial charge in [0.1, 0.15) is 18.2 Å². The SMILES string of the molecule is CCC[C@@H](O)COc1ccc(Cl)c(-c2nc(C(C(C)=O)=C(C)N)c(C)c(N3CC4(CCN(C(C)=O)CC4)C3)n2)c1. The van der Waals surface area contributed by atoms with Crippen molar-refractivity contribution in [1.29, 1.82) is 0 Å². The average molecular weight is 570 g/mol. The normalized spacial score (nSPS) is 17.8. The number of anilines is 1. The van der Waals surface area contributed by atoms with Gasteiger partial charge in [-0.25, -0.2) is 9.97 Å². The number of aliphatic hydroxyl groups excluding tert-OH is 1. The molecule has 3 heterocycles. The lowest BCUT2D eigenvalue weighted by atomic mass is 9.72. The van der Waals surface area contributed by atoms with E-state index in [0.29, 0.717) is 45.5 Å². The molecule has 3 N–H and O–H groups in total. The van der Waals surface area contributed by atoms with E-state index < -0.39 is 6.10 Å². The number of carbonyl (C=O) groups is 2. The number of nitrogens with zero attached hydrogens (tertiary/aromatic N) is 4. The Hall–Kier alpha value is -3.17. The highest BCUT2D eigenvalue weighted by Crippen LogP contribution is 2.44. The molecule has 1 aromatic carbocycles. The number of halogens is 1. The second-order valence-electron chi connectivity index (χ2n) is 11.2. The quantitative estimate of drug-likeness (QED) is 0.427. The van der Waals surface area contributed by atoms with E-state index in [1.165, 1.54) is 6.92 Å². The lowest BCUT2D eigenvalue weighted by Gasteiger charge is -2.54. The molecule has 1 spiro atoms. The van der Waals surface area contributed by atoms with Gasteiger partial charge in [-0.05, 0) is 58.2 Å². The highest BCUT2D eigenvalue weighted by atomic mass is 35.5. The van der Waals surface area contributed by atoms with E-state index in [9.17, 15) is 14.7 Å². The first-order chi connectivity index (χ1) is 18.9. The summed E-state index contributed by atoms with van der Waals surface area (Å²) in [6.45, 7) is 12.0. The first kappa shape index (κ1) is 29.8. The summed E-state index contributed by atoms with van der Waals surface area (Å²) in [4.78, 5) is 38.4. The van der Waals surface area contributed by atoms with E-state index >= 15 is 0 Å². The van der Waals surface area contributed by atoms with E-state index in [1.807, 2.05) is 18.7 Å². The van der Waals surface area contributed by atoms with Crippen molar-refractivity contribution in [1.82, 2.24) is 14.9 Å². The second kappa shape index (κ2) is 12.1. The molecular weight excluding hydrogens is 530 g/mol. The zero-order chi connectivity index (χ0) is 29.2. The van der Waals surface area contributed by atoms with Crippen LogP contribution in [0.4, 0.5) is 5.82 Å². The molecule has 2 aliphatic heterocycles. The Kier molecular flexibility index (Phi) is 9.05. The van der Waals surface area contributed by atoms with Gasteiger partial charge in [0, 0.05) is 55.3 Å². The van der Waals surface area contributed by atoms with Crippen LogP contribution in [0.1, 0.15) is 64.6 Å². The molecule has 2 fully saturated rings. The number of nitrogens with two attached hydrogens (primary N) is 1. The minimum atomic E-state index is -0.560. The second-order valence-corrected chi connectivity index (χ2v) is 11.6. The van der Waals surface area contributed by atoms with Crippen molar-refractivity contribution in [3.8, 4) is 17.1 Å². The number of piperidine rings is 1. The monoisotopic (exact) mass is 569 g/mol. The van der Waals surface area contributed by atoms with Crippen molar-refractivity contribution in [3.63, 3.8) is 0 Å². The Morgan fingerprint density at radius 3 is 2.42 bits per heavy atom. The number of ether oxygens (including phenoxy) is 1. The number of aromatic nitrogens is 2. The minimum absolute atomic E-state index is 0.121. The van der Waals surface area contributed by atoms with Crippen molar-refractivity contribution in [2.45, 2.75) is 66.4 Å². The molecule has 0 radical (unpaired) electrons. The third-order valence-electron chi connectivity index (χ3n) is 7.97. The predicted molar refractivity (Wildman–Crippen MR) is 157 cm³/mol. The third kappa shape index (κ3) is 6.25. The number of aliphatic hydroxyl groups is 1. The summed E-state index contributed by atoms with van der Waals surface area (Å²) >= 11 is 6.64. The Balaban J connectivity index is 1.71. The molecular formula is C30H40ClN5O4. The summed E-state index contributed by atoms with van der Waals surface area (Å²) in [5, 5.41) is 10.6. The molecule has 0 saturated carbocycles. The summed E-state index contributed by atoms with van der Waals surface area (Å²) in [5.74, 6) is 1.59. The van der Waals surface area contributed by atoms with Crippen molar-refractivity contribution in [2.75, 3.05) is 37.7 Å². The molecule has 216 valence electrons. The standard InChI is InChI=1S/C30H40ClN5O4/c1-6-7-22(39)15-40-23-8-9-25(31)24(14-23)28-33-27(26(19(3)32)20(4)37)18(2)29(34-28)36-16-30(17-36)10-12-35(13-11-30)21(5)38/h8-9,14,22,39H,6-7,10-13,15-17,32H2,1-5H3/t22-/m1/s1. The first-order valence-electron chi connectivity index (χ1n) is 13.9. The van der Waals surface area contributed by atoms with Gasteiger partial charge in [0.25, 0.3) is 0 Å². The van der Waals surface area contributed by atoms with Gasteiger partial charge in [-0.3, -0.25) is 9.59 Å². The number of benzene rings is 1. The molecule has 4 rings (SSSR count). The van der Waals surface area contributed by atoms with Crippen LogP contribution in [0.5, 0.6) is 5.75 Å². The highest BCUT2D eigenvalue weighted by molar-refractivity contribution is 6.33. The topological polar surface area (TPSA) is 122 Å². The van der Waals surface area contributed by atoms with Gasteiger partial charge in [-0.1, -0.05) is 24.9 Å². The number of hydrogen-bond donors (Lipinski definition) is 2. The van der Waals surface area contributed by atoms with Crippen LogP contribution in [0.2, 0.25) is 5.02 Å². The lowest BCUT2D eigenvalue weighted by molar-refractivity contribution is -0.131. The highest BCUT2D eigenvalue weighted by Gasteiger charge is 2.46. The maximum absolute atomic E-state index is 12.7. The van der Waals surface area contributed by atoms with Gasteiger partial charge in [0.05, 0.1) is 22.4 Å².